The number of fused-ring (bicyclic) bond motifs is 3. The molecule has 0 bridgehead atoms. The van der Waals surface area contributed by atoms with Crippen LogP contribution in [-0.2, 0) is 0 Å². The van der Waals surface area contributed by atoms with Gasteiger partial charge in [-0.3, -0.25) is 9.56 Å². The zero-order valence-corrected chi connectivity index (χ0v) is 14.3. The molecule has 1 atom stereocenters. The van der Waals surface area contributed by atoms with E-state index >= 15 is 0 Å². The SMILES string of the molecule is C=CC(=C)C1=NC(CC)c2nnc(C)n2-c2sc(C)c(C)c21. The Morgan fingerprint density at radius 3 is 2.68 bits per heavy atom. The van der Waals surface area contributed by atoms with Crippen LogP contribution in [0.5, 0.6) is 0 Å². The van der Waals surface area contributed by atoms with Gasteiger partial charge in [-0.25, -0.2) is 0 Å². The molecule has 0 N–H and O–H groups in total. The Kier molecular flexibility index (Phi) is 3.60. The summed E-state index contributed by atoms with van der Waals surface area (Å²) >= 11 is 1.76. The zero-order chi connectivity index (χ0) is 16.0. The van der Waals surface area contributed by atoms with Crippen molar-refractivity contribution in [1.82, 2.24) is 14.8 Å². The second-order valence-corrected chi connectivity index (χ2v) is 6.74. The van der Waals surface area contributed by atoms with Crippen LogP contribution in [0.3, 0.4) is 0 Å². The average Bonchev–Trinajstić information content (AvgIpc) is 2.97. The molecule has 2 aromatic rings. The Morgan fingerprint density at radius 1 is 1.32 bits per heavy atom. The monoisotopic (exact) mass is 312 g/mol. The van der Waals surface area contributed by atoms with Gasteiger partial charge in [0, 0.05) is 10.4 Å². The molecule has 4 nitrogen and oxygen atoms in total. The van der Waals surface area contributed by atoms with Gasteiger partial charge in [0.05, 0.1) is 5.71 Å². The van der Waals surface area contributed by atoms with Gasteiger partial charge in [0.1, 0.15) is 16.9 Å². The Hall–Kier alpha value is -2.01. The largest absolute Gasteiger partial charge is 0.273 e. The van der Waals surface area contributed by atoms with Crippen molar-refractivity contribution < 1.29 is 0 Å². The third kappa shape index (κ3) is 2.00. The van der Waals surface area contributed by atoms with Crippen molar-refractivity contribution in [3.8, 4) is 5.00 Å². The molecule has 0 amide bonds. The van der Waals surface area contributed by atoms with Crippen LogP contribution in [0.4, 0.5) is 0 Å². The predicted molar refractivity (Wildman–Crippen MR) is 92.4 cm³/mol. The lowest BCUT2D eigenvalue weighted by Gasteiger charge is -2.09. The highest BCUT2D eigenvalue weighted by atomic mass is 32.1. The van der Waals surface area contributed by atoms with Crippen LogP contribution >= 0.6 is 11.3 Å². The van der Waals surface area contributed by atoms with Crippen molar-refractivity contribution in [2.24, 2.45) is 4.99 Å². The van der Waals surface area contributed by atoms with E-state index in [2.05, 4.69) is 48.7 Å². The normalized spacial score (nSPS) is 16.5. The first-order valence-electron chi connectivity index (χ1n) is 7.41. The number of rotatable bonds is 3. The minimum absolute atomic E-state index is 0.00722. The standard InChI is InChI=1S/C17H20N4S/c1-7-9(3)15-14-10(4)11(5)22-17(14)21-12(6)19-20-16(21)13(8-2)18-15/h7,13H,1,3,8H2,2,4-6H3. The summed E-state index contributed by atoms with van der Waals surface area (Å²) in [6.45, 7) is 16.4. The van der Waals surface area contributed by atoms with Crippen LogP contribution in [0, 0.1) is 20.8 Å². The first-order valence-corrected chi connectivity index (χ1v) is 8.23. The van der Waals surface area contributed by atoms with E-state index < -0.39 is 0 Å². The fraction of sp³-hybridized carbons (Fsp3) is 0.353. The van der Waals surface area contributed by atoms with E-state index in [9.17, 15) is 0 Å². The van der Waals surface area contributed by atoms with Crippen LogP contribution in [0.15, 0.2) is 29.8 Å². The number of allylic oxidation sites excluding steroid dienone is 2. The number of hydrogen-bond donors (Lipinski definition) is 0. The summed E-state index contributed by atoms with van der Waals surface area (Å²) in [5.41, 5.74) is 4.19. The first-order chi connectivity index (χ1) is 10.5. The summed E-state index contributed by atoms with van der Waals surface area (Å²) in [7, 11) is 0. The Balaban J connectivity index is 2.40. The molecule has 1 aliphatic heterocycles. The number of aromatic nitrogens is 3. The number of aryl methyl sites for hydroxylation is 2. The lowest BCUT2D eigenvalue weighted by molar-refractivity contribution is 0.641. The highest BCUT2D eigenvalue weighted by Crippen LogP contribution is 2.39. The van der Waals surface area contributed by atoms with Crippen molar-refractivity contribution in [2.45, 2.75) is 40.2 Å². The smallest absolute Gasteiger partial charge is 0.163 e. The van der Waals surface area contributed by atoms with Gasteiger partial charge in [-0.15, -0.1) is 21.5 Å². The quantitative estimate of drug-likeness (QED) is 0.795. The highest BCUT2D eigenvalue weighted by molar-refractivity contribution is 7.15. The molecule has 0 saturated carbocycles. The van der Waals surface area contributed by atoms with Gasteiger partial charge >= 0.3 is 0 Å². The molecule has 22 heavy (non-hydrogen) atoms. The van der Waals surface area contributed by atoms with Gasteiger partial charge in [-0.2, -0.15) is 0 Å². The summed E-state index contributed by atoms with van der Waals surface area (Å²) in [6.07, 6.45) is 2.65. The predicted octanol–water partition coefficient (Wildman–Crippen LogP) is 4.25. The van der Waals surface area contributed by atoms with Gasteiger partial charge in [-0.05, 0) is 38.3 Å². The second-order valence-electron chi connectivity index (χ2n) is 5.54. The molecular weight excluding hydrogens is 292 g/mol. The lowest BCUT2D eigenvalue weighted by Crippen LogP contribution is -2.06. The van der Waals surface area contributed by atoms with Crippen molar-refractivity contribution in [3.63, 3.8) is 0 Å². The number of nitrogens with zero attached hydrogens (tertiary/aromatic N) is 4. The summed E-state index contributed by atoms with van der Waals surface area (Å²) in [4.78, 5) is 6.25. The Morgan fingerprint density at radius 2 is 2.05 bits per heavy atom. The van der Waals surface area contributed by atoms with Gasteiger partial charge in [-0.1, -0.05) is 26.2 Å². The van der Waals surface area contributed by atoms with Crippen molar-refractivity contribution >= 4 is 17.0 Å². The number of aliphatic imine (C=N–C) groups is 1. The molecule has 114 valence electrons. The maximum atomic E-state index is 4.96. The van der Waals surface area contributed by atoms with Crippen molar-refractivity contribution in [2.75, 3.05) is 0 Å². The van der Waals surface area contributed by atoms with Crippen molar-refractivity contribution in [3.05, 3.63) is 52.5 Å². The molecule has 5 heteroatoms. The van der Waals surface area contributed by atoms with Crippen molar-refractivity contribution in [1.29, 1.82) is 0 Å². The molecule has 0 fully saturated rings. The van der Waals surface area contributed by atoms with Gasteiger partial charge in [0.2, 0.25) is 0 Å². The van der Waals surface area contributed by atoms with Gasteiger partial charge < -0.3 is 0 Å². The summed E-state index contributed by atoms with van der Waals surface area (Å²) in [5, 5.41) is 9.80. The molecule has 1 unspecified atom stereocenters. The third-order valence-corrected chi connectivity index (χ3v) is 5.37. The van der Waals surface area contributed by atoms with Crippen LogP contribution in [-0.4, -0.2) is 20.5 Å². The second kappa shape index (κ2) is 5.32. The van der Waals surface area contributed by atoms with Gasteiger partial charge in [0.15, 0.2) is 5.82 Å². The molecule has 3 rings (SSSR count). The summed E-state index contributed by atoms with van der Waals surface area (Å²) in [5.74, 6) is 1.81. The molecule has 3 heterocycles. The van der Waals surface area contributed by atoms with Crippen LogP contribution in [0.25, 0.3) is 5.00 Å². The van der Waals surface area contributed by atoms with E-state index in [1.807, 2.05) is 6.92 Å². The summed E-state index contributed by atoms with van der Waals surface area (Å²) < 4.78 is 2.15. The zero-order valence-electron chi connectivity index (χ0n) is 13.5. The fourth-order valence-electron chi connectivity index (χ4n) is 2.78. The van der Waals surface area contributed by atoms with E-state index in [-0.39, 0.29) is 6.04 Å². The minimum Gasteiger partial charge on any atom is -0.273 e. The molecule has 0 radical (unpaired) electrons. The van der Waals surface area contributed by atoms with Gasteiger partial charge in [0.25, 0.3) is 0 Å². The van der Waals surface area contributed by atoms with Crippen LogP contribution < -0.4 is 0 Å². The number of thiophene rings is 1. The molecule has 1 aliphatic rings. The minimum atomic E-state index is -0.00722. The third-order valence-electron chi connectivity index (χ3n) is 4.18. The Bertz CT molecular complexity index is 807. The molecule has 0 aromatic carbocycles. The highest BCUT2D eigenvalue weighted by Gasteiger charge is 2.30. The topological polar surface area (TPSA) is 43.1 Å². The fourth-order valence-corrected chi connectivity index (χ4v) is 4.00. The Labute approximate surface area is 134 Å². The van der Waals surface area contributed by atoms with Crippen LogP contribution in [0.2, 0.25) is 0 Å². The molecular formula is C17H20N4S. The molecule has 0 spiro atoms. The molecule has 0 saturated heterocycles. The number of hydrogen-bond acceptors (Lipinski definition) is 4. The average molecular weight is 312 g/mol. The van der Waals surface area contributed by atoms with E-state index in [1.165, 1.54) is 10.4 Å². The summed E-state index contributed by atoms with van der Waals surface area (Å²) in [6, 6.07) is -0.00722. The maximum absolute atomic E-state index is 4.96. The van der Waals surface area contributed by atoms with Crippen LogP contribution in [0.1, 0.15) is 47.0 Å². The molecule has 2 aromatic heterocycles. The molecule has 0 aliphatic carbocycles. The van der Waals surface area contributed by atoms with E-state index in [0.29, 0.717) is 0 Å². The van der Waals surface area contributed by atoms with E-state index in [4.69, 9.17) is 4.99 Å². The first kappa shape index (κ1) is 14.9. The lowest BCUT2D eigenvalue weighted by atomic mass is 10.0. The van der Waals surface area contributed by atoms with E-state index in [1.54, 1.807) is 17.4 Å². The van der Waals surface area contributed by atoms with E-state index in [0.717, 1.165) is 39.9 Å². The maximum Gasteiger partial charge on any atom is 0.163 e.